The summed E-state index contributed by atoms with van der Waals surface area (Å²) in [4.78, 5) is 14.8. The minimum absolute atomic E-state index is 0.0461. The fourth-order valence-corrected chi connectivity index (χ4v) is 3.38. The lowest BCUT2D eigenvalue weighted by Gasteiger charge is -2.02. The smallest absolute Gasteiger partial charge is 0.195 e. The quantitative estimate of drug-likeness (QED) is 0.480. The Hall–Kier alpha value is -2.63. The highest BCUT2D eigenvalue weighted by molar-refractivity contribution is 7.13. The lowest BCUT2D eigenvalue weighted by Crippen LogP contribution is -2.03. The van der Waals surface area contributed by atoms with E-state index in [1.54, 1.807) is 11.3 Å². The lowest BCUT2D eigenvalue weighted by atomic mass is 9.99. The average molecular weight is 316 g/mol. The third kappa shape index (κ3) is 3.26. The molecule has 0 atom stereocenters. The van der Waals surface area contributed by atoms with Gasteiger partial charge in [-0.3, -0.25) is 4.79 Å². The molecule has 0 aliphatic carbocycles. The van der Waals surface area contributed by atoms with Gasteiger partial charge in [-0.15, -0.1) is 11.3 Å². The van der Waals surface area contributed by atoms with Gasteiger partial charge < -0.3 is 0 Å². The van der Waals surface area contributed by atoms with Gasteiger partial charge in [0.05, 0.1) is 10.4 Å². The van der Waals surface area contributed by atoms with E-state index in [0.717, 1.165) is 26.4 Å². The van der Waals surface area contributed by atoms with Crippen molar-refractivity contribution in [3.05, 3.63) is 92.7 Å². The molecule has 0 unspecified atom stereocenters. The first kappa shape index (κ1) is 15.3. The van der Waals surface area contributed by atoms with E-state index in [2.05, 4.69) is 11.8 Å². The number of benzene rings is 2. The summed E-state index contributed by atoms with van der Waals surface area (Å²) in [5.74, 6) is 6.39. The number of carbonyl (C=O) groups is 1. The first-order chi connectivity index (χ1) is 11.2. The van der Waals surface area contributed by atoms with E-state index in [1.165, 1.54) is 0 Å². The molecule has 2 aromatic carbocycles. The van der Waals surface area contributed by atoms with Crippen molar-refractivity contribution in [1.82, 2.24) is 0 Å². The molecular weight excluding hydrogens is 300 g/mol. The minimum Gasteiger partial charge on any atom is -0.289 e. The first-order valence-electron chi connectivity index (χ1n) is 7.43. The molecule has 23 heavy (non-hydrogen) atoms. The van der Waals surface area contributed by atoms with Crippen LogP contribution in [0.25, 0.3) is 0 Å². The highest BCUT2D eigenvalue weighted by Gasteiger charge is 2.19. The number of hydrogen-bond donors (Lipinski definition) is 0. The summed E-state index contributed by atoms with van der Waals surface area (Å²) >= 11 is 1.59. The van der Waals surface area contributed by atoms with E-state index in [1.807, 2.05) is 74.5 Å². The molecule has 0 saturated carbocycles. The summed E-state index contributed by atoms with van der Waals surface area (Å²) in [6, 6.07) is 19.2. The second-order valence-electron chi connectivity index (χ2n) is 5.30. The van der Waals surface area contributed by atoms with Crippen molar-refractivity contribution >= 4 is 17.1 Å². The topological polar surface area (TPSA) is 17.1 Å². The lowest BCUT2D eigenvalue weighted by molar-refractivity contribution is 0.103. The molecule has 0 N–H and O–H groups in total. The Bertz CT molecular complexity index is 894. The van der Waals surface area contributed by atoms with Gasteiger partial charge in [-0.05, 0) is 37.5 Å². The van der Waals surface area contributed by atoms with Crippen LogP contribution < -0.4 is 0 Å². The maximum absolute atomic E-state index is 12.9. The third-order valence-corrected chi connectivity index (χ3v) is 4.87. The van der Waals surface area contributed by atoms with Crippen molar-refractivity contribution in [3.8, 4) is 11.8 Å². The Morgan fingerprint density at radius 2 is 1.48 bits per heavy atom. The normalized spacial score (nSPS) is 10.0. The highest BCUT2D eigenvalue weighted by atomic mass is 32.1. The number of rotatable bonds is 2. The Labute approximate surface area is 140 Å². The molecule has 0 spiro atoms. The number of thiophene rings is 1. The van der Waals surface area contributed by atoms with E-state index in [-0.39, 0.29) is 5.78 Å². The van der Waals surface area contributed by atoms with Crippen molar-refractivity contribution in [2.75, 3.05) is 0 Å². The van der Waals surface area contributed by atoms with E-state index in [0.29, 0.717) is 5.56 Å². The van der Waals surface area contributed by atoms with Gasteiger partial charge >= 0.3 is 0 Å². The standard InChI is InChI=1S/C21H16OS/c1-15-16(2)23-19(14-13-17-9-5-3-6-10-17)20(15)21(22)18-11-7-4-8-12-18/h3-12H,1-2H3. The molecule has 3 rings (SSSR count). The zero-order valence-electron chi connectivity index (χ0n) is 13.1. The summed E-state index contributed by atoms with van der Waals surface area (Å²) < 4.78 is 0. The number of aryl methyl sites for hydroxylation is 1. The van der Waals surface area contributed by atoms with E-state index >= 15 is 0 Å². The summed E-state index contributed by atoms with van der Waals surface area (Å²) in [6.45, 7) is 4.03. The van der Waals surface area contributed by atoms with Crippen LogP contribution in [-0.2, 0) is 0 Å². The summed E-state index contributed by atoms with van der Waals surface area (Å²) in [5, 5.41) is 0. The molecule has 0 amide bonds. The van der Waals surface area contributed by atoms with Gasteiger partial charge in [0.1, 0.15) is 0 Å². The molecule has 0 fully saturated rings. The van der Waals surface area contributed by atoms with Crippen LogP contribution in [0.15, 0.2) is 60.7 Å². The van der Waals surface area contributed by atoms with Crippen LogP contribution in [0.4, 0.5) is 0 Å². The molecule has 112 valence electrons. The van der Waals surface area contributed by atoms with E-state index < -0.39 is 0 Å². The van der Waals surface area contributed by atoms with Gasteiger partial charge in [-0.1, -0.05) is 54.5 Å². The van der Waals surface area contributed by atoms with Crippen molar-refractivity contribution in [1.29, 1.82) is 0 Å². The second kappa shape index (κ2) is 6.64. The van der Waals surface area contributed by atoms with Gasteiger partial charge in [-0.25, -0.2) is 0 Å². The van der Waals surface area contributed by atoms with E-state index in [4.69, 9.17) is 0 Å². The highest BCUT2D eigenvalue weighted by Crippen LogP contribution is 2.29. The maximum atomic E-state index is 12.9. The molecule has 0 radical (unpaired) electrons. The Balaban J connectivity index is 2.05. The van der Waals surface area contributed by atoms with Crippen LogP contribution >= 0.6 is 11.3 Å². The van der Waals surface area contributed by atoms with Crippen LogP contribution in [0.3, 0.4) is 0 Å². The molecule has 0 saturated heterocycles. The predicted molar refractivity (Wildman–Crippen MR) is 96.1 cm³/mol. The van der Waals surface area contributed by atoms with Gasteiger partial charge in [0.15, 0.2) is 5.78 Å². The van der Waals surface area contributed by atoms with Gasteiger partial charge in [0, 0.05) is 16.0 Å². The fraction of sp³-hybridized carbons (Fsp3) is 0.0952. The van der Waals surface area contributed by atoms with Crippen molar-refractivity contribution in [2.24, 2.45) is 0 Å². The summed E-state index contributed by atoms with van der Waals surface area (Å²) in [7, 11) is 0. The molecule has 3 aromatic rings. The molecular formula is C21H16OS. The van der Waals surface area contributed by atoms with Crippen LogP contribution in [0.1, 0.15) is 36.8 Å². The Kier molecular flexibility index (Phi) is 4.41. The summed E-state index contributed by atoms with van der Waals surface area (Å²) in [5.41, 5.74) is 3.42. The zero-order chi connectivity index (χ0) is 16.2. The number of carbonyl (C=O) groups excluding carboxylic acids is 1. The van der Waals surface area contributed by atoms with Gasteiger partial charge in [-0.2, -0.15) is 0 Å². The summed E-state index contributed by atoms with van der Waals surface area (Å²) in [6.07, 6.45) is 0. The molecule has 1 nitrogen and oxygen atoms in total. The SMILES string of the molecule is Cc1sc(C#Cc2ccccc2)c(C(=O)c2ccccc2)c1C. The molecule has 0 aliphatic heterocycles. The van der Waals surface area contributed by atoms with Crippen LogP contribution in [-0.4, -0.2) is 5.78 Å². The first-order valence-corrected chi connectivity index (χ1v) is 8.25. The Morgan fingerprint density at radius 3 is 2.13 bits per heavy atom. The monoisotopic (exact) mass is 316 g/mol. The fourth-order valence-electron chi connectivity index (χ4n) is 2.37. The number of ketones is 1. The van der Waals surface area contributed by atoms with E-state index in [9.17, 15) is 4.79 Å². The molecule has 2 heteroatoms. The second-order valence-corrected chi connectivity index (χ2v) is 6.52. The van der Waals surface area contributed by atoms with Crippen molar-refractivity contribution in [3.63, 3.8) is 0 Å². The zero-order valence-corrected chi connectivity index (χ0v) is 13.9. The van der Waals surface area contributed by atoms with Crippen LogP contribution in [0.2, 0.25) is 0 Å². The van der Waals surface area contributed by atoms with Crippen molar-refractivity contribution < 1.29 is 4.79 Å². The Morgan fingerprint density at radius 1 is 0.870 bits per heavy atom. The molecule has 1 heterocycles. The third-order valence-electron chi connectivity index (χ3n) is 3.74. The average Bonchev–Trinajstić information content (AvgIpc) is 2.88. The van der Waals surface area contributed by atoms with Gasteiger partial charge in [0.2, 0.25) is 0 Å². The predicted octanol–water partition coefficient (Wildman–Crippen LogP) is 5.00. The van der Waals surface area contributed by atoms with Crippen molar-refractivity contribution in [2.45, 2.75) is 13.8 Å². The molecule has 0 aliphatic rings. The minimum atomic E-state index is 0.0461. The van der Waals surface area contributed by atoms with Crippen LogP contribution in [0.5, 0.6) is 0 Å². The maximum Gasteiger partial charge on any atom is 0.195 e. The molecule has 0 bridgehead atoms. The molecule has 1 aromatic heterocycles. The van der Waals surface area contributed by atoms with Crippen LogP contribution in [0, 0.1) is 25.7 Å². The largest absolute Gasteiger partial charge is 0.289 e. The number of hydrogen-bond acceptors (Lipinski definition) is 2. The van der Waals surface area contributed by atoms with Gasteiger partial charge in [0.25, 0.3) is 0 Å².